The molecule has 0 saturated heterocycles. The highest BCUT2D eigenvalue weighted by Gasteiger charge is 2.37. The van der Waals surface area contributed by atoms with Gasteiger partial charge in [0.1, 0.15) is 17.7 Å². The van der Waals surface area contributed by atoms with Crippen molar-refractivity contribution >= 4 is 156 Å². The quantitative estimate of drug-likeness (QED) is 0.0135. The minimum Gasteiger partial charge on any atom is -0.322 e. The third kappa shape index (κ3) is 35.7. The number of hydrogen-bond acceptors (Lipinski definition) is 15. The Morgan fingerprint density at radius 3 is 0.901 bits per heavy atom. The van der Waals surface area contributed by atoms with Crippen LogP contribution in [0.5, 0.6) is 0 Å². The summed E-state index contributed by atoms with van der Waals surface area (Å²) in [6.45, 7) is 0. The van der Waals surface area contributed by atoms with Gasteiger partial charge in [-0.15, -0.1) is 11.8 Å². The number of anilines is 6. The second-order valence-corrected chi connectivity index (χ2v) is 28.5. The minimum absolute atomic E-state index is 0.104. The predicted molar refractivity (Wildman–Crippen MR) is 463 cm³/mol. The zero-order valence-corrected chi connectivity index (χ0v) is 66.6. The van der Waals surface area contributed by atoms with Crippen molar-refractivity contribution in [2.24, 2.45) is 5.14 Å². The number of aldehydes is 2. The summed E-state index contributed by atoms with van der Waals surface area (Å²) < 4.78 is 95.6. The maximum Gasteiger partial charge on any atom is 0.454 e. The monoisotopic (exact) mass is 1740 g/mol. The molecule has 0 aliphatic rings. The highest BCUT2D eigenvalue weighted by molar-refractivity contribution is 9.10. The van der Waals surface area contributed by atoms with Crippen LogP contribution in [-0.2, 0) is 29.2 Å². The standard InChI is InChI=1S/C17H12F3NO2.C16H11F3N2O2.C16H13NO2.C15H12N2O2.C14H14N2O3S2.C13H10BrNO/c18-17(19,20)15(22)10-9-12-5-4-6-13(11-12)16(23)21-14-7-2-1-3-8-14;17-16(18,19)14(22)7-6-11-3-1-4-12(9-11)15(23)21-13-5-2-8-20-10-13;18-11-5-7-13-6-4-8-14(12-13)16(19)17-15-9-2-1-3-10-15;18-9-3-5-12-4-1-6-13(10-12)15(19)17-14-7-2-8-16-11-14;15-21(18,19)10-20-13-8-4-5-11(9-13)14(17)16-12-6-2-1-3-7-12;14-11-6-4-5-10(9-11)13(16)15-12-7-2-1-3-8-12/h1-11H,(H,21,23);1-10H,(H,21,23);1-12H,(H,17,19);1-11H,(H,17,19);1-9H,10H2,(H,16,17)(H2,15,18,19);1-9H,(H,15,16)/b10-9+;7-6+;7-5+;5-3+;;. The first-order valence-corrected chi connectivity index (χ1v) is 39.1. The van der Waals surface area contributed by atoms with E-state index in [1.54, 1.807) is 170 Å². The molecule has 614 valence electrons. The Morgan fingerprint density at radius 2 is 0.620 bits per heavy atom. The number of nitrogens with two attached hydrogens (primary N) is 1. The minimum atomic E-state index is -4.91. The van der Waals surface area contributed by atoms with E-state index in [0.717, 1.165) is 50.9 Å². The Kier molecular flexibility index (Phi) is 37.6. The van der Waals surface area contributed by atoms with Gasteiger partial charge in [0.15, 0.2) is 0 Å². The molecule has 2 aromatic heterocycles. The van der Waals surface area contributed by atoms with Crippen LogP contribution in [0, 0.1) is 0 Å². The van der Waals surface area contributed by atoms with Crippen molar-refractivity contribution in [3.8, 4) is 0 Å². The first kappa shape index (κ1) is 93.4. The second-order valence-electron chi connectivity index (χ2n) is 24.5. The number of ketones is 2. The maximum absolute atomic E-state index is 12.1. The number of nitrogens with one attached hydrogen (secondary N) is 6. The van der Waals surface area contributed by atoms with Gasteiger partial charge >= 0.3 is 12.4 Å². The van der Waals surface area contributed by atoms with E-state index in [0.29, 0.717) is 85.8 Å². The number of pyridine rings is 2. The fourth-order valence-corrected chi connectivity index (χ4v) is 11.6. The van der Waals surface area contributed by atoms with Crippen LogP contribution in [0.1, 0.15) is 84.4 Å². The van der Waals surface area contributed by atoms with Crippen molar-refractivity contribution in [3.05, 3.63) is 400 Å². The van der Waals surface area contributed by atoms with Gasteiger partial charge in [-0.3, -0.25) is 57.9 Å². The molecule has 121 heavy (non-hydrogen) atoms. The molecule has 10 aromatic carbocycles. The normalized spacial score (nSPS) is 10.8. The van der Waals surface area contributed by atoms with Crippen LogP contribution in [0.4, 0.5) is 60.5 Å². The molecule has 12 aromatic rings. The largest absolute Gasteiger partial charge is 0.454 e. The topological polar surface area (TPSA) is 329 Å². The SMILES string of the molecule is NS(=O)(=O)CSc1cccc(C(=O)Nc2ccccc2)c1.O=C(Nc1ccccc1)c1cccc(/C=C/C(=O)C(F)(F)F)c1.O=C(Nc1ccccc1)c1cccc(Br)c1.O=C(Nc1cccnc1)c1cccc(/C=C/C(=O)C(F)(F)F)c1.O=C/C=C/c1cccc(C(=O)Nc2ccccc2)c1.O=C/C=C/c1cccc(C(=O)Nc2cccnc2)c1. The van der Waals surface area contributed by atoms with Gasteiger partial charge in [-0.05, 0) is 204 Å². The summed E-state index contributed by atoms with van der Waals surface area (Å²) in [4.78, 5) is 123. The van der Waals surface area contributed by atoms with E-state index in [2.05, 4.69) is 57.8 Å². The fraction of sp³-hybridized carbons (Fsp3) is 0.0330. The van der Waals surface area contributed by atoms with Crippen LogP contribution in [0.25, 0.3) is 24.3 Å². The summed E-state index contributed by atoms with van der Waals surface area (Å²) in [6.07, 6.45) is 6.81. The van der Waals surface area contributed by atoms with Crippen molar-refractivity contribution in [1.82, 2.24) is 9.97 Å². The molecular weight excluding hydrogens is 1670 g/mol. The van der Waals surface area contributed by atoms with Crippen molar-refractivity contribution in [2.75, 3.05) is 37.0 Å². The van der Waals surface area contributed by atoms with Crippen molar-refractivity contribution in [2.45, 2.75) is 17.2 Å². The molecule has 21 nitrogen and oxygen atoms in total. The lowest BCUT2D eigenvalue weighted by Gasteiger charge is -2.06. The average Bonchev–Trinajstić information content (AvgIpc) is 0.896. The van der Waals surface area contributed by atoms with Gasteiger partial charge in [0.2, 0.25) is 10.0 Å². The molecule has 8 N–H and O–H groups in total. The molecule has 0 bridgehead atoms. The Morgan fingerprint density at radius 1 is 0.347 bits per heavy atom. The van der Waals surface area contributed by atoms with Crippen molar-refractivity contribution in [3.63, 3.8) is 0 Å². The summed E-state index contributed by atoms with van der Waals surface area (Å²) >= 11 is 4.41. The molecule has 0 saturated carbocycles. The maximum atomic E-state index is 12.1. The number of primary sulfonamides is 1. The summed E-state index contributed by atoms with van der Waals surface area (Å²) in [6, 6.07) is 83.3. The third-order valence-corrected chi connectivity index (χ3v) is 18.1. The van der Waals surface area contributed by atoms with E-state index in [1.807, 2.05) is 103 Å². The Bertz CT molecular complexity index is 5510. The van der Waals surface area contributed by atoms with E-state index in [1.165, 1.54) is 66.9 Å². The van der Waals surface area contributed by atoms with E-state index < -0.39 is 45.8 Å². The Hall–Kier alpha value is -14.7. The highest BCUT2D eigenvalue weighted by Crippen LogP contribution is 2.24. The van der Waals surface area contributed by atoms with Gasteiger partial charge in [0, 0.05) is 77.9 Å². The number of thioether (sulfide) groups is 1. The van der Waals surface area contributed by atoms with Gasteiger partial charge < -0.3 is 31.9 Å². The number of sulfonamides is 1. The van der Waals surface area contributed by atoms with Gasteiger partial charge in [-0.2, -0.15) is 26.3 Å². The number of nitrogens with zero attached hydrogens (tertiary/aromatic N) is 2. The lowest BCUT2D eigenvalue weighted by molar-refractivity contribution is -0.165. The number of rotatable bonds is 23. The van der Waals surface area contributed by atoms with E-state index in [4.69, 9.17) is 5.14 Å². The first-order chi connectivity index (χ1) is 58.0. The number of amides is 6. The summed E-state index contributed by atoms with van der Waals surface area (Å²) in [5.41, 5.74) is 8.91. The van der Waals surface area contributed by atoms with Crippen LogP contribution >= 0.6 is 27.7 Å². The molecule has 12 rings (SSSR count). The van der Waals surface area contributed by atoms with Crippen molar-refractivity contribution < 1.29 is 82.7 Å². The zero-order valence-electron chi connectivity index (χ0n) is 63.3. The smallest absolute Gasteiger partial charge is 0.322 e. The average molecular weight is 1740 g/mol. The number of carbonyl (C=O) groups is 10. The van der Waals surface area contributed by atoms with Gasteiger partial charge in [-0.25, -0.2) is 13.6 Å². The first-order valence-electron chi connectivity index (χ1n) is 35.6. The van der Waals surface area contributed by atoms with Gasteiger partial charge in [-0.1, -0.05) is 174 Å². The molecule has 0 unspecified atom stereocenters. The molecule has 0 spiro atoms. The molecule has 0 fully saturated rings. The number of halogens is 7. The molecule has 6 amide bonds. The number of alkyl halides is 6. The third-order valence-electron chi connectivity index (χ3n) is 15.3. The number of aromatic nitrogens is 2. The Balaban J connectivity index is 0.000000201. The number of hydrogen-bond donors (Lipinski definition) is 7. The predicted octanol–water partition coefficient (Wildman–Crippen LogP) is 19.2. The highest BCUT2D eigenvalue weighted by atomic mass is 79.9. The number of allylic oxidation sites excluding steroid dienone is 4. The van der Waals surface area contributed by atoms with Gasteiger partial charge in [0.05, 0.1) is 23.8 Å². The molecular formula is C91H72BrF6N9O12S2. The van der Waals surface area contributed by atoms with Crippen LogP contribution in [0.2, 0.25) is 0 Å². The van der Waals surface area contributed by atoms with Crippen molar-refractivity contribution in [1.29, 1.82) is 0 Å². The Labute approximate surface area is 703 Å². The number of carbonyl (C=O) groups excluding carboxylic acids is 10. The van der Waals surface area contributed by atoms with Crippen LogP contribution in [-0.4, -0.2) is 95.4 Å². The molecule has 0 aliphatic carbocycles. The van der Waals surface area contributed by atoms with E-state index in [9.17, 15) is 82.7 Å². The molecule has 30 heteroatoms. The zero-order chi connectivity index (χ0) is 87.4. The fourth-order valence-electron chi connectivity index (χ4n) is 9.65. The molecule has 0 aliphatic heterocycles. The summed E-state index contributed by atoms with van der Waals surface area (Å²) in [7, 11) is -3.54. The van der Waals surface area contributed by atoms with Crippen LogP contribution in [0.15, 0.2) is 350 Å². The van der Waals surface area contributed by atoms with E-state index >= 15 is 0 Å². The lowest BCUT2D eigenvalue weighted by atomic mass is 10.1. The van der Waals surface area contributed by atoms with Crippen LogP contribution in [0.3, 0.4) is 0 Å². The van der Waals surface area contributed by atoms with E-state index in [-0.39, 0.29) is 39.8 Å². The molecule has 0 radical (unpaired) electrons. The van der Waals surface area contributed by atoms with Crippen LogP contribution < -0.4 is 37.0 Å². The molecule has 0 atom stereocenters. The molecule has 2 heterocycles. The van der Waals surface area contributed by atoms with Gasteiger partial charge in [0.25, 0.3) is 47.0 Å². The second kappa shape index (κ2) is 48.7. The number of para-hydroxylation sites is 4. The summed E-state index contributed by atoms with van der Waals surface area (Å²) in [5.74, 6) is -5.47. The number of benzene rings is 10. The summed E-state index contributed by atoms with van der Waals surface area (Å²) in [5, 5.41) is 21.1. The lowest BCUT2D eigenvalue weighted by Crippen LogP contribution is -2.19.